The zero-order valence-electron chi connectivity index (χ0n) is 21.3. The number of aryl methyl sites for hydroxylation is 1. The summed E-state index contributed by atoms with van der Waals surface area (Å²) in [5.41, 5.74) is -0.947. The van der Waals surface area contributed by atoms with Gasteiger partial charge in [-0.1, -0.05) is 5.92 Å². The van der Waals surface area contributed by atoms with Crippen LogP contribution in [0.2, 0.25) is 0 Å². The lowest BCUT2D eigenvalue weighted by molar-refractivity contribution is 0.0499. The number of alkyl carbamates (subject to hydrolysis) is 1. The monoisotopic (exact) mass is 496 g/mol. The molecule has 1 N–H and O–H groups in total. The minimum Gasteiger partial charge on any atom is -0.467 e. The second-order valence-corrected chi connectivity index (χ2v) is 9.84. The molecule has 0 spiro atoms. The molecule has 11 nitrogen and oxygen atoms in total. The lowest BCUT2D eigenvalue weighted by Crippen LogP contribution is -2.49. The Morgan fingerprint density at radius 1 is 1.31 bits per heavy atom. The Bertz CT molecular complexity index is 1430. The zero-order chi connectivity index (χ0) is 26.0. The van der Waals surface area contributed by atoms with Gasteiger partial charge in [-0.25, -0.2) is 9.59 Å². The van der Waals surface area contributed by atoms with E-state index in [1.165, 1.54) is 10.8 Å². The summed E-state index contributed by atoms with van der Waals surface area (Å²) in [6.45, 7) is 8.60. The largest absolute Gasteiger partial charge is 0.467 e. The predicted octanol–water partition coefficient (Wildman–Crippen LogP) is 2.05. The first-order chi connectivity index (χ1) is 17.1. The van der Waals surface area contributed by atoms with E-state index in [0.717, 1.165) is 17.4 Å². The lowest BCUT2D eigenvalue weighted by atomic mass is 10.1. The molecule has 0 aromatic carbocycles. The molecule has 0 radical (unpaired) electrons. The van der Waals surface area contributed by atoms with Crippen molar-refractivity contribution in [1.29, 1.82) is 0 Å². The molecule has 1 aliphatic rings. The summed E-state index contributed by atoms with van der Waals surface area (Å²) < 4.78 is 15.0. The van der Waals surface area contributed by atoms with Crippen LogP contribution in [0.15, 0.2) is 32.4 Å². The van der Waals surface area contributed by atoms with Crippen molar-refractivity contribution in [2.75, 3.05) is 18.0 Å². The molecule has 0 aliphatic carbocycles. The van der Waals surface area contributed by atoms with Gasteiger partial charge in [-0.15, -0.1) is 5.92 Å². The molecule has 4 heterocycles. The molecule has 11 heteroatoms. The van der Waals surface area contributed by atoms with Crippen molar-refractivity contribution >= 4 is 23.2 Å². The molecule has 1 atom stereocenters. The van der Waals surface area contributed by atoms with Crippen LogP contribution in [0.25, 0.3) is 11.2 Å². The highest BCUT2D eigenvalue weighted by molar-refractivity contribution is 5.75. The molecule has 1 aliphatic heterocycles. The van der Waals surface area contributed by atoms with Crippen molar-refractivity contribution in [3.63, 3.8) is 0 Å². The highest BCUT2D eigenvalue weighted by Crippen LogP contribution is 2.23. The summed E-state index contributed by atoms with van der Waals surface area (Å²) in [6.07, 6.45) is 2.63. The number of carbonyl (C=O) groups excluding carboxylic acids is 1. The number of imidazole rings is 1. The Balaban J connectivity index is 1.74. The third kappa shape index (κ3) is 5.17. The van der Waals surface area contributed by atoms with Crippen LogP contribution in [0.3, 0.4) is 0 Å². The number of furan rings is 1. The highest BCUT2D eigenvalue weighted by Gasteiger charge is 2.29. The minimum atomic E-state index is -0.592. The Labute approximate surface area is 208 Å². The Hall–Kier alpha value is -3.94. The number of anilines is 1. The molecular weight excluding hydrogens is 464 g/mol. The highest BCUT2D eigenvalue weighted by atomic mass is 16.6. The van der Waals surface area contributed by atoms with Gasteiger partial charge in [0.15, 0.2) is 11.2 Å². The van der Waals surface area contributed by atoms with Gasteiger partial charge in [-0.05, 0) is 52.7 Å². The van der Waals surface area contributed by atoms with Crippen LogP contribution in [0.4, 0.5) is 10.7 Å². The standard InChI is InChI=1S/C25H32N6O5/c1-6-7-13-30-19-20(28(5)24(34)31(21(19)32)16-18-11-9-14-35-18)27-22(30)29-12-8-10-17(15-29)26-23(33)36-25(2,3)4/h9,11,14,17H,8,10,12-13,15-16H2,1-5H3,(H,26,33)/t17-/m1/s1. The van der Waals surface area contributed by atoms with E-state index in [2.05, 4.69) is 17.2 Å². The van der Waals surface area contributed by atoms with Gasteiger partial charge in [0.2, 0.25) is 5.95 Å². The van der Waals surface area contributed by atoms with Crippen molar-refractivity contribution < 1.29 is 13.9 Å². The van der Waals surface area contributed by atoms with Gasteiger partial charge in [0, 0.05) is 26.2 Å². The maximum absolute atomic E-state index is 13.6. The number of nitrogens with zero attached hydrogens (tertiary/aromatic N) is 5. The van der Waals surface area contributed by atoms with E-state index in [-0.39, 0.29) is 24.8 Å². The summed E-state index contributed by atoms with van der Waals surface area (Å²) in [7, 11) is 1.60. The number of hydrogen-bond acceptors (Lipinski definition) is 7. The van der Waals surface area contributed by atoms with E-state index in [9.17, 15) is 14.4 Å². The average molecular weight is 497 g/mol. The number of piperidine rings is 1. The summed E-state index contributed by atoms with van der Waals surface area (Å²) in [5.74, 6) is 6.92. The van der Waals surface area contributed by atoms with E-state index in [4.69, 9.17) is 14.1 Å². The quantitative estimate of drug-likeness (QED) is 0.538. The third-order valence-corrected chi connectivity index (χ3v) is 5.95. The molecule has 0 bridgehead atoms. The zero-order valence-corrected chi connectivity index (χ0v) is 21.3. The van der Waals surface area contributed by atoms with E-state index in [1.807, 2.05) is 25.7 Å². The average Bonchev–Trinajstić information content (AvgIpc) is 3.46. The molecule has 1 saturated heterocycles. The molecule has 4 rings (SSSR count). The lowest BCUT2D eigenvalue weighted by Gasteiger charge is -2.34. The first kappa shape index (κ1) is 25.2. The van der Waals surface area contributed by atoms with Crippen LogP contribution in [0.1, 0.15) is 46.3 Å². The summed E-state index contributed by atoms with van der Waals surface area (Å²) in [4.78, 5) is 45.7. The predicted molar refractivity (Wildman–Crippen MR) is 135 cm³/mol. The summed E-state index contributed by atoms with van der Waals surface area (Å²) in [5, 5.41) is 2.94. The van der Waals surface area contributed by atoms with Crippen molar-refractivity contribution in [2.24, 2.45) is 7.05 Å². The van der Waals surface area contributed by atoms with Crippen LogP contribution in [0, 0.1) is 11.8 Å². The first-order valence-corrected chi connectivity index (χ1v) is 12.0. The van der Waals surface area contributed by atoms with Crippen LogP contribution >= 0.6 is 0 Å². The number of hydrogen-bond donors (Lipinski definition) is 1. The van der Waals surface area contributed by atoms with Crippen molar-refractivity contribution in [3.05, 3.63) is 45.0 Å². The van der Waals surface area contributed by atoms with E-state index in [0.29, 0.717) is 30.3 Å². The maximum atomic E-state index is 13.6. The van der Waals surface area contributed by atoms with Gasteiger partial charge in [-0.3, -0.25) is 18.5 Å². The third-order valence-electron chi connectivity index (χ3n) is 5.95. The number of nitrogens with one attached hydrogen (secondary N) is 1. The normalized spacial score (nSPS) is 16.0. The molecule has 1 amide bonds. The fourth-order valence-electron chi connectivity index (χ4n) is 4.36. The summed E-state index contributed by atoms with van der Waals surface area (Å²) >= 11 is 0. The van der Waals surface area contributed by atoms with Crippen LogP contribution < -0.4 is 21.5 Å². The van der Waals surface area contributed by atoms with Gasteiger partial charge in [0.25, 0.3) is 5.56 Å². The van der Waals surface area contributed by atoms with Gasteiger partial charge < -0.3 is 19.4 Å². The number of aromatic nitrogens is 4. The van der Waals surface area contributed by atoms with Crippen molar-refractivity contribution in [2.45, 2.75) is 65.3 Å². The SMILES string of the molecule is CC#CCn1c(N2CCC[C@@H](NC(=O)OC(C)(C)C)C2)nc2c1c(=O)n(Cc1ccco1)c(=O)n2C. The second kappa shape index (κ2) is 9.97. The molecule has 192 valence electrons. The topological polar surface area (TPSA) is 117 Å². The smallest absolute Gasteiger partial charge is 0.407 e. The molecule has 0 unspecified atom stereocenters. The second-order valence-electron chi connectivity index (χ2n) is 9.84. The fraction of sp³-hybridized carbons (Fsp3) is 0.520. The molecule has 36 heavy (non-hydrogen) atoms. The number of rotatable bonds is 5. The Morgan fingerprint density at radius 3 is 2.75 bits per heavy atom. The number of carbonyl (C=O) groups is 1. The van der Waals surface area contributed by atoms with Crippen LogP contribution in [-0.2, 0) is 24.9 Å². The number of amides is 1. The van der Waals surface area contributed by atoms with Gasteiger partial charge in [0.05, 0.1) is 19.4 Å². The molecule has 3 aromatic heterocycles. The maximum Gasteiger partial charge on any atom is 0.407 e. The van der Waals surface area contributed by atoms with E-state index >= 15 is 0 Å². The Kier molecular flexibility index (Phi) is 6.97. The molecule has 0 saturated carbocycles. The van der Waals surface area contributed by atoms with Crippen LogP contribution in [0.5, 0.6) is 0 Å². The molecule has 3 aromatic rings. The number of fused-ring (bicyclic) bond motifs is 1. The van der Waals surface area contributed by atoms with E-state index in [1.54, 1.807) is 30.7 Å². The molecular formula is C25H32N6O5. The van der Waals surface area contributed by atoms with Gasteiger partial charge >= 0.3 is 11.8 Å². The minimum absolute atomic E-state index is 0.0139. The fourth-order valence-corrected chi connectivity index (χ4v) is 4.36. The summed E-state index contributed by atoms with van der Waals surface area (Å²) in [6, 6.07) is 3.27. The van der Waals surface area contributed by atoms with E-state index < -0.39 is 22.9 Å². The van der Waals surface area contributed by atoms with Crippen molar-refractivity contribution in [3.8, 4) is 11.8 Å². The van der Waals surface area contributed by atoms with Crippen LogP contribution in [-0.4, -0.2) is 49.5 Å². The number of ether oxygens (including phenoxy) is 1. The molecule has 1 fully saturated rings. The first-order valence-electron chi connectivity index (χ1n) is 12.0. The van der Waals surface area contributed by atoms with Crippen molar-refractivity contribution in [1.82, 2.24) is 24.0 Å². The van der Waals surface area contributed by atoms with Gasteiger partial charge in [-0.2, -0.15) is 4.98 Å². The van der Waals surface area contributed by atoms with Gasteiger partial charge in [0.1, 0.15) is 11.4 Å². The Morgan fingerprint density at radius 2 is 2.08 bits per heavy atom.